The number of aryl methyl sites for hydroxylation is 1. The van der Waals surface area contributed by atoms with Gasteiger partial charge in [-0.15, -0.1) is 0 Å². The number of nitrogens with zero attached hydrogens (tertiary/aromatic N) is 2. The third kappa shape index (κ3) is 2.83. The molecule has 114 valence electrons. The Bertz CT molecular complexity index is 622. The molecule has 3 rings (SSSR count). The molecule has 4 nitrogen and oxygen atoms in total. The molecule has 0 saturated heterocycles. The molecule has 0 spiro atoms. The summed E-state index contributed by atoms with van der Waals surface area (Å²) in [7, 11) is 2.06. The third-order valence-electron chi connectivity index (χ3n) is 4.97. The summed E-state index contributed by atoms with van der Waals surface area (Å²) < 4.78 is 2.14. The van der Waals surface area contributed by atoms with Gasteiger partial charge < -0.3 is 15.0 Å². The Labute approximate surface area is 126 Å². The van der Waals surface area contributed by atoms with E-state index in [0.29, 0.717) is 0 Å². The van der Waals surface area contributed by atoms with E-state index in [2.05, 4.69) is 34.9 Å². The van der Waals surface area contributed by atoms with E-state index < -0.39 is 0 Å². The smallest absolute Gasteiger partial charge is 0.123 e. The molecular weight excluding hydrogens is 262 g/mol. The van der Waals surface area contributed by atoms with Gasteiger partial charge in [0.25, 0.3) is 0 Å². The van der Waals surface area contributed by atoms with Gasteiger partial charge in [0, 0.05) is 19.0 Å². The fraction of sp³-hybridized carbons (Fsp3) is 0.588. The van der Waals surface area contributed by atoms with Crippen molar-refractivity contribution in [3.8, 4) is 0 Å². The molecule has 2 unspecified atom stereocenters. The maximum atomic E-state index is 10.2. The number of imidazole rings is 1. The molecule has 1 aliphatic rings. The number of rotatable bonds is 4. The van der Waals surface area contributed by atoms with E-state index in [1.54, 1.807) is 0 Å². The number of para-hydroxylation sites is 2. The minimum absolute atomic E-state index is 0.00281. The lowest BCUT2D eigenvalue weighted by Crippen LogP contribution is -2.43. The van der Waals surface area contributed by atoms with Crippen LogP contribution < -0.4 is 5.32 Å². The van der Waals surface area contributed by atoms with Crippen LogP contribution in [0, 0.1) is 5.41 Å². The number of aromatic nitrogens is 2. The lowest BCUT2D eigenvalue weighted by molar-refractivity contribution is 0.00104. The first-order valence-corrected chi connectivity index (χ1v) is 7.89. The first kappa shape index (κ1) is 14.5. The number of benzene rings is 1. The fourth-order valence-electron chi connectivity index (χ4n) is 3.40. The van der Waals surface area contributed by atoms with Crippen LogP contribution in [0.15, 0.2) is 24.3 Å². The Morgan fingerprint density at radius 1 is 1.38 bits per heavy atom. The molecule has 4 heteroatoms. The summed E-state index contributed by atoms with van der Waals surface area (Å²) in [4.78, 5) is 4.67. The van der Waals surface area contributed by atoms with E-state index in [9.17, 15) is 5.11 Å². The molecule has 21 heavy (non-hydrogen) atoms. The number of hydrogen-bond acceptors (Lipinski definition) is 3. The molecular formula is C17H25N3O. The number of fused-ring (bicyclic) bond motifs is 1. The molecule has 0 bridgehead atoms. The first-order valence-electron chi connectivity index (χ1n) is 7.89. The normalized spacial score (nSPS) is 26.3. The second-order valence-corrected chi connectivity index (χ2v) is 6.59. The molecule has 0 amide bonds. The number of aliphatic hydroxyl groups is 1. The van der Waals surface area contributed by atoms with Crippen LogP contribution in [0.1, 0.15) is 38.4 Å². The third-order valence-corrected chi connectivity index (χ3v) is 4.97. The summed E-state index contributed by atoms with van der Waals surface area (Å²) in [6, 6.07) is 8.20. The average Bonchev–Trinajstić information content (AvgIpc) is 2.80. The highest BCUT2D eigenvalue weighted by molar-refractivity contribution is 5.75. The van der Waals surface area contributed by atoms with Gasteiger partial charge in [0.1, 0.15) is 5.82 Å². The topological polar surface area (TPSA) is 50.1 Å². The van der Waals surface area contributed by atoms with Crippen molar-refractivity contribution in [2.24, 2.45) is 12.5 Å². The van der Waals surface area contributed by atoms with Crippen LogP contribution in [-0.2, 0) is 13.6 Å². The maximum Gasteiger partial charge on any atom is 0.123 e. The Kier molecular flexibility index (Phi) is 4.00. The minimum Gasteiger partial charge on any atom is -0.393 e. The summed E-state index contributed by atoms with van der Waals surface area (Å²) in [6.07, 6.45) is 4.23. The molecule has 1 fully saturated rings. The number of nitrogens with one attached hydrogen (secondary N) is 1. The van der Waals surface area contributed by atoms with Gasteiger partial charge in [-0.05, 0) is 25.0 Å². The van der Waals surface area contributed by atoms with Crippen LogP contribution in [0.25, 0.3) is 11.0 Å². The highest BCUT2D eigenvalue weighted by atomic mass is 16.3. The van der Waals surface area contributed by atoms with Gasteiger partial charge in [-0.1, -0.05) is 31.9 Å². The predicted molar refractivity (Wildman–Crippen MR) is 85.0 cm³/mol. The molecule has 0 radical (unpaired) electrons. The molecule has 1 heterocycles. The van der Waals surface area contributed by atoms with E-state index in [0.717, 1.165) is 43.7 Å². The second kappa shape index (κ2) is 5.78. The molecule has 2 atom stereocenters. The SMILES string of the molecule is Cn1c(CNCC2(C)CCCCC2O)nc2ccccc21. The van der Waals surface area contributed by atoms with Gasteiger partial charge in [0.15, 0.2) is 0 Å². The Hall–Kier alpha value is -1.39. The van der Waals surface area contributed by atoms with E-state index in [4.69, 9.17) is 0 Å². The number of aliphatic hydroxyl groups excluding tert-OH is 1. The number of hydrogen-bond donors (Lipinski definition) is 2. The first-order chi connectivity index (χ1) is 10.1. The standard InChI is InChI=1S/C17H25N3O/c1-17(10-6-5-9-15(17)21)12-18-11-16-19-13-7-3-4-8-14(13)20(16)2/h3-4,7-8,15,18,21H,5-6,9-12H2,1-2H3. The quantitative estimate of drug-likeness (QED) is 0.909. The summed E-state index contributed by atoms with van der Waals surface area (Å²) >= 11 is 0. The zero-order chi connectivity index (χ0) is 14.9. The van der Waals surface area contributed by atoms with Gasteiger partial charge in [-0.3, -0.25) is 0 Å². The van der Waals surface area contributed by atoms with Crippen LogP contribution in [0.4, 0.5) is 0 Å². The molecule has 0 aliphatic heterocycles. The van der Waals surface area contributed by atoms with Crippen molar-refractivity contribution in [1.82, 2.24) is 14.9 Å². The zero-order valence-corrected chi connectivity index (χ0v) is 13.0. The van der Waals surface area contributed by atoms with Crippen LogP contribution in [0.5, 0.6) is 0 Å². The minimum atomic E-state index is -0.181. The molecule has 1 aromatic carbocycles. The zero-order valence-electron chi connectivity index (χ0n) is 13.0. The largest absolute Gasteiger partial charge is 0.393 e. The van der Waals surface area contributed by atoms with Crippen molar-refractivity contribution in [1.29, 1.82) is 0 Å². The lowest BCUT2D eigenvalue weighted by Gasteiger charge is -2.38. The molecule has 2 aromatic rings. The Morgan fingerprint density at radius 2 is 2.19 bits per heavy atom. The second-order valence-electron chi connectivity index (χ2n) is 6.59. The Balaban J connectivity index is 1.65. The summed E-state index contributed by atoms with van der Waals surface area (Å²) in [5.41, 5.74) is 2.21. The van der Waals surface area contributed by atoms with Crippen LogP contribution >= 0.6 is 0 Å². The van der Waals surface area contributed by atoms with Crippen molar-refractivity contribution in [3.05, 3.63) is 30.1 Å². The van der Waals surface area contributed by atoms with E-state index in [-0.39, 0.29) is 11.5 Å². The monoisotopic (exact) mass is 287 g/mol. The lowest BCUT2D eigenvalue weighted by atomic mass is 9.73. The molecule has 1 aromatic heterocycles. The highest BCUT2D eigenvalue weighted by Crippen LogP contribution is 2.35. The van der Waals surface area contributed by atoms with Crippen molar-refractivity contribution < 1.29 is 5.11 Å². The van der Waals surface area contributed by atoms with E-state index >= 15 is 0 Å². The molecule has 1 aliphatic carbocycles. The van der Waals surface area contributed by atoms with Gasteiger partial charge >= 0.3 is 0 Å². The summed E-state index contributed by atoms with van der Waals surface area (Å²) in [5, 5.41) is 13.7. The predicted octanol–water partition coefficient (Wildman–Crippen LogP) is 2.60. The van der Waals surface area contributed by atoms with Crippen LogP contribution in [0.3, 0.4) is 0 Å². The summed E-state index contributed by atoms with van der Waals surface area (Å²) in [6.45, 7) is 3.78. The molecule has 1 saturated carbocycles. The van der Waals surface area contributed by atoms with Crippen LogP contribution in [0.2, 0.25) is 0 Å². The van der Waals surface area contributed by atoms with Crippen molar-refractivity contribution >= 4 is 11.0 Å². The van der Waals surface area contributed by atoms with Crippen molar-refractivity contribution in [2.75, 3.05) is 6.54 Å². The van der Waals surface area contributed by atoms with Gasteiger partial charge in [0.2, 0.25) is 0 Å². The maximum absolute atomic E-state index is 10.2. The van der Waals surface area contributed by atoms with Gasteiger partial charge in [0.05, 0.1) is 23.7 Å². The van der Waals surface area contributed by atoms with Gasteiger partial charge in [-0.2, -0.15) is 0 Å². The fourth-order valence-corrected chi connectivity index (χ4v) is 3.40. The van der Waals surface area contributed by atoms with E-state index in [1.165, 1.54) is 11.9 Å². The van der Waals surface area contributed by atoms with Crippen LogP contribution in [-0.4, -0.2) is 27.3 Å². The highest BCUT2D eigenvalue weighted by Gasteiger charge is 2.34. The Morgan fingerprint density at radius 3 is 2.95 bits per heavy atom. The average molecular weight is 287 g/mol. The summed E-state index contributed by atoms with van der Waals surface area (Å²) in [5.74, 6) is 1.05. The molecule has 2 N–H and O–H groups in total. The van der Waals surface area contributed by atoms with Crippen molar-refractivity contribution in [3.63, 3.8) is 0 Å². The van der Waals surface area contributed by atoms with E-state index in [1.807, 2.05) is 18.2 Å². The van der Waals surface area contributed by atoms with Crippen molar-refractivity contribution in [2.45, 2.75) is 45.3 Å². The van der Waals surface area contributed by atoms with Gasteiger partial charge in [-0.25, -0.2) is 4.98 Å².